The van der Waals surface area contributed by atoms with Crippen molar-refractivity contribution >= 4 is 32.9 Å². The number of ether oxygens (including phenoxy) is 1. The summed E-state index contributed by atoms with van der Waals surface area (Å²) < 4.78 is 29.3. The Morgan fingerprint density at radius 1 is 1.00 bits per heavy atom. The van der Waals surface area contributed by atoms with Gasteiger partial charge in [0.05, 0.1) is 10.5 Å². The zero-order valence-corrected chi connectivity index (χ0v) is 15.1. The first-order valence-electron chi connectivity index (χ1n) is 7.66. The van der Waals surface area contributed by atoms with Crippen LogP contribution in [0.1, 0.15) is 18.1 Å². The fourth-order valence-corrected chi connectivity index (χ4v) is 3.45. The number of hydrogen-bond donors (Lipinski definition) is 1. The number of carboxylic acid groups (broad SMARTS) is 1. The van der Waals surface area contributed by atoms with E-state index in [0.717, 1.165) is 6.26 Å². The topological polar surface area (TPSA) is 97.7 Å². The SMILES string of the molecule is CC(=O)OCC(=C(C(=O)O)c1ccccc1)c1ccccc1S(C)(=O)=O. The molecule has 0 aromatic heterocycles. The standard InChI is InChI=1S/C19H18O6S/c1-13(20)25-12-16(15-10-6-7-11-17(15)26(2,23)24)18(19(21)22)14-8-4-3-5-9-14/h3-11H,12H2,1-2H3,(H,21,22). The van der Waals surface area contributed by atoms with Crippen LogP contribution in [0.4, 0.5) is 0 Å². The summed E-state index contributed by atoms with van der Waals surface area (Å²) >= 11 is 0. The summed E-state index contributed by atoms with van der Waals surface area (Å²) in [4.78, 5) is 23.2. The van der Waals surface area contributed by atoms with Gasteiger partial charge in [-0.25, -0.2) is 13.2 Å². The summed E-state index contributed by atoms with van der Waals surface area (Å²) in [5, 5.41) is 9.77. The molecule has 1 N–H and O–H groups in total. The van der Waals surface area contributed by atoms with Crippen LogP contribution in [0.3, 0.4) is 0 Å². The van der Waals surface area contributed by atoms with Crippen molar-refractivity contribution in [3.8, 4) is 0 Å². The van der Waals surface area contributed by atoms with Gasteiger partial charge >= 0.3 is 11.9 Å². The third-order valence-corrected chi connectivity index (χ3v) is 4.76. The number of esters is 1. The molecule has 0 spiro atoms. The molecule has 2 aromatic carbocycles. The molecule has 0 bridgehead atoms. The molecule has 7 heteroatoms. The van der Waals surface area contributed by atoms with Gasteiger partial charge in [0, 0.05) is 24.3 Å². The molecule has 6 nitrogen and oxygen atoms in total. The number of carboxylic acids is 1. The second kappa shape index (κ2) is 7.97. The van der Waals surface area contributed by atoms with E-state index in [1.54, 1.807) is 42.5 Å². The summed E-state index contributed by atoms with van der Waals surface area (Å²) in [6.07, 6.45) is 1.04. The molecule has 0 saturated heterocycles. The molecule has 0 unspecified atom stereocenters. The first kappa shape index (κ1) is 19.4. The van der Waals surface area contributed by atoms with Crippen LogP contribution in [-0.2, 0) is 24.2 Å². The first-order valence-corrected chi connectivity index (χ1v) is 9.55. The Bertz CT molecular complexity index is 959. The predicted octanol–water partition coefficient (Wildman–Crippen LogP) is 2.65. The molecular weight excluding hydrogens is 356 g/mol. The Labute approximate surface area is 151 Å². The second-order valence-corrected chi connectivity index (χ2v) is 7.56. The molecule has 0 aliphatic heterocycles. The molecule has 0 radical (unpaired) electrons. The van der Waals surface area contributed by atoms with Crippen molar-refractivity contribution in [2.45, 2.75) is 11.8 Å². The minimum absolute atomic E-state index is 0.0307. The molecule has 0 saturated carbocycles. The fourth-order valence-electron chi connectivity index (χ4n) is 2.53. The fraction of sp³-hybridized carbons (Fsp3) is 0.158. The first-order chi connectivity index (χ1) is 12.2. The van der Waals surface area contributed by atoms with Crippen LogP contribution in [0, 0.1) is 0 Å². The van der Waals surface area contributed by atoms with Crippen LogP contribution in [0.2, 0.25) is 0 Å². The van der Waals surface area contributed by atoms with Gasteiger partial charge in [0.1, 0.15) is 6.61 Å². The van der Waals surface area contributed by atoms with Crippen LogP contribution < -0.4 is 0 Å². The molecule has 2 aromatic rings. The summed E-state index contributed by atoms with van der Waals surface area (Å²) in [7, 11) is -3.63. The normalized spacial score (nSPS) is 12.2. The highest BCUT2D eigenvalue weighted by atomic mass is 32.2. The van der Waals surface area contributed by atoms with E-state index >= 15 is 0 Å². The van der Waals surface area contributed by atoms with Gasteiger partial charge in [0.2, 0.25) is 0 Å². The van der Waals surface area contributed by atoms with E-state index in [9.17, 15) is 23.1 Å². The van der Waals surface area contributed by atoms with E-state index in [4.69, 9.17) is 4.74 Å². The molecule has 0 atom stereocenters. The molecule has 0 fully saturated rings. The maximum absolute atomic E-state index is 12.1. The zero-order chi connectivity index (χ0) is 19.3. The van der Waals surface area contributed by atoms with Gasteiger partial charge in [-0.15, -0.1) is 0 Å². The van der Waals surface area contributed by atoms with Crippen LogP contribution in [-0.4, -0.2) is 38.3 Å². The highest BCUT2D eigenvalue weighted by Gasteiger charge is 2.23. The largest absolute Gasteiger partial charge is 0.478 e. The summed E-state index contributed by atoms with van der Waals surface area (Å²) in [6.45, 7) is 0.835. The lowest BCUT2D eigenvalue weighted by Gasteiger charge is -2.16. The summed E-state index contributed by atoms with van der Waals surface area (Å²) in [5.41, 5.74) is 0.561. The summed E-state index contributed by atoms with van der Waals surface area (Å²) in [5.74, 6) is -1.85. The summed E-state index contributed by atoms with van der Waals surface area (Å²) in [6, 6.07) is 14.3. The monoisotopic (exact) mass is 374 g/mol. The van der Waals surface area contributed by atoms with Crippen molar-refractivity contribution in [1.29, 1.82) is 0 Å². The van der Waals surface area contributed by atoms with Crippen LogP contribution in [0.5, 0.6) is 0 Å². The highest BCUT2D eigenvalue weighted by molar-refractivity contribution is 7.90. The molecular formula is C19H18O6S. The number of hydrogen-bond acceptors (Lipinski definition) is 5. The van der Waals surface area contributed by atoms with Crippen LogP contribution in [0.25, 0.3) is 11.1 Å². The predicted molar refractivity (Wildman–Crippen MR) is 97.1 cm³/mol. The van der Waals surface area contributed by atoms with Gasteiger partial charge < -0.3 is 9.84 Å². The van der Waals surface area contributed by atoms with E-state index in [0.29, 0.717) is 5.56 Å². The van der Waals surface area contributed by atoms with Gasteiger partial charge in [0.25, 0.3) is 0 Å². The number of aliphatic carboxylic acids is 1. The van der Waals surface area contributed by atoms with E-state index < -0.39 is 21.8 Å². The second-order valence-electron chi connectivity index (χ2n) is 5.57. The number of sulfone groups is 1. The van der Waals surface area contributed by atoms with E-state index in [2.05, 4.69) is 0 Å². The number of carbonyl (C=O) groups excluding carboxylic acids is 1. The Kier molecular flexibility index (Phi) is 5.94. The van der Waals surface area contributed by atoms with Gasteiger partial charge in [-0.3, -0.25) is 4.79 Å². The maximum Gasteiger partial charge on any atom is 0.336 e. The van der Waals surface area contributed by atoms with Crippen LogP contribution in [0.15, 0.2) is 59.5 Å². The lowest BCUT2D eigenvalue weighted by Crippen LogP contribution is -2.12. The van der Waals surface area contributed by atoms with Gasteiger partial charge in [0.15, 0.2) is 9.84 Å². The molecule has 136 valence electrons. The average Bonchev–Trinajstić information content (AvgIpc) is 2.58. The maximum atomic E-state index is 12.1. The molecule has 2 rings (SSSR count). The van der Waals surface area contributed by atoms with Crippen molar-refractivity contribution < 1.29 is 27.9 Å². The lowest BCUT2D eigenvalue weighted by atomic mass is 9.95. The van der Waals surface area contributed by atoms with E-state index in [1.165, 1.54) is 19.1 Å². The Morgan fingerprint density at radius 2 is 1.58 bits per heavy atom. The van der Waals surface area contributed by atoms with E-state index in [-0.39, 0.29) is 28.2 Å². The minimum atomic E-state index is -3.63. The van der Waals surface area contributed by atoms with Crippen molar-refractivity contribution in [1.82, 2.24) is 0 Å². The molecule has 0 aliphatic rings. The smallest absolute Gasteiger partial charge is 0.336 e. The average molecular weight is 374 g/mol. The van der Waals surface area contributed by atoms with Crippen molar-refractivity contribution in [2.24, 2.45) is 0 Å². The van der Waals surface area contributed by atoms with Gasteiger partial charge in [-0.1, -0.05) is 48.5 Å². The van der Waals surface area contributed by atoms with Crippen molar-refractivity contribution in [2.75, 3.05) is 12.9 Å². The Hall–Kier alpha value is -2.93. The zero-order valence-electron chi connectivity index (χ0n) is 14.3. The molecule has 0 aliphatic carbocycles. The van der Waals surface area contributed by atoms with Crippen molar-refractivity contribution in [3.05, 3.63) is 65.7 Å². The number of carbonyl (C=O) groups is 2. The number of benzene rings is 2. The Balaban J connectivity index is 2.83. The van der Waals surface area contributed by atoms with E-state index in [1.807, 2.05) is 0 Å². The molecule has 0 heterocycles. The Morgan fingerprint density at radius 3 is 2.12 bits per heavy atom. The minimum Gasteiger partial charge on any atom is -0.478 e. The lowest BCUT2D eigenvalue weighted by molar-refractivity contribution is -0.139. The van der Waals surface area contributed by atoms with Crippen molar-refractivity contribution in [3.63, 3.8) is 0 Å². The van der Waals surface area contributed by atoms with Gasteiger partial charge in [-0.05, 0) is 11.6 Å². The third kappa shape index (κ3) is 4.58. The van der Waals surface area contributed by atoms with Gasteiger partial charge in [-0.2, -0.15) is 0 Å². The number of rotatable bonds is 6. The third-order valence-electron chi connectivity index (χ3n) is 3.61. The van der Waals surface area contributed by atoms with Crippen LogP contribution >= 0.6 is 0 Å². The quantitative estimate of drug-likeness (QED) is 0.474. The molecule has 26 heavy (non-hydrogen) atoms. The molecule has 0 amide bonds. The highest BCUT2D eigenvalue weighted by Crippen LogP contribution is 2.31.